The summed E-state index contributed by atoms with van der Waals surface area (Å²) in [4.78, 5) is 15.3. The van der Waals surface area contributed by atoms with Crippen molar-refractivity contribution >= 4 is 29.1 Å². The van der Waals surface area contributed by atoms with Crippen LogP contribution in [0.15, 0.2) is 48.5 Å². The number of carbonyl (C=O) groups excluding carboxylic acids is 1. The molecule has 0 spiro atoms. The van der Waals surface area contributed by atoms with Crippen LogP contribution in [0.4, 0.5) is 0 Å². The summed E-state index contributed by atoms with van der Waals surface area (Å²) < 4.78 is 6.04. The Morgan fingerprint density at radius 2 is 1.80 bits per heavy atom. The number of amides is 1. The second-order valence-electron chi connectivity index (χ2n) is 8.54. The van der Waals surface area contributed by atoms with Crippen LogP contribution in [0.1, 0.15) is 62.1 Å². The highest BCUT2D eigenvalue weighted by Crippen LogP contribution is 2.45. The molecule has 0 N–H and O–H groups in total. The first-order chi connectivity index (χ1) is 14.6. The molecule has 1 aliphatic heterocycles. The average Bonchev–Trinajstić information content (AvgIpc) is 3.56. The van der Waals surface area contributed by atoms with Crippen molar-refractivity contribution in [2.24, 2.45) is 5.92 Å². The lowest BCUT2D eigenvalue weighted by molar-refractivity contribution is -0.143. The number of piperidine rings is 1. The summed E-state index contributed by atoms with van der Waals surface area (Å²) in [5.41, 5.74) is 2.28. The standard InChI is InChI=1S/C25H29Cl2NO2/c1-2-22(16-30-15-17-6-7-17)28-24(29)13-12-23(19-4-3-5-21(27)14-19)25(28)18-8-10-20(26)11-9-18/h3-5,8-11,14,17,22-23,25H,2,6-7,12-13,15-16H2,1H3/t22-,23?,25+/m0/s1. The van der Waals surface area contributed by atoms with Crippen LogP contribution in [0, 0.1) is 5.92 Å². The van der Waals surface area contributed by atoms with Crippen LogP contribution in [0.25, 0.3) is 0 Å². The number of halogens is 2. The minimum absolute atomic E-state index is 0.0545. The topological polar surface area (TPSA) is 29.5 Å². The highest BCUT2D eigenvalue weighted by atomic mass is 35.5. The Hall–Kier alpha value is -1.55. The third-order valence-corrected chi connectivity index (χ3v) is 6.84. The van der Waals surface area contributed by atoms with Gasteiger partial charge in [-0.25, -0.2) is 0 Å². The molecule has 1 saturated carbocycles. The predicted molar refractivity (Wildman–Crippen MR) is 122 cm³/mol. The van der Waals surface area contributed by atoms with Gasteiger partial charge in [0.1, 0.15) is 0 Å². The van der Waals surface area contributed by atoms with E-state index in [0.29, 0.717) is 24.0 Å². The summed E-state index contributed by atoms with van der Waals surface area (Å²) in [7, 11) is 0. The molecule has 160 valence electrons. The molecule has 2 fully saturated rings. The zero-order valence-corrected chi connectivity index (χ0v) is 18.9. The predicted octanol–water partition coefficient (Wildman–Crippen LogP) is 6.65. The van der Waals surface area contributed by atoms with Gasteiger partial charge >= 0.3 is 0 Å². The van der Waals surface area contributed by atoms with E-state index in [1.165, 1.54) is 18.4 Å². The molecule has 3 nitrogen and oxygen atoms in total. The van der Waals surface area contributed by atoms with Crippen LogP contribution in [0.2, 0.25) is 10.0 Å². The number of nitrogens with zero attached hydrogens (tertiary/aromatic N) is 1. The number of ether oxygens (including phenoxy) is 1. The molecule has 0 aromatic heterocycles. The van der Waals surface area contributed by atoms with Crippen LogP contribution in [0.5, 0.6) is 0 Å². The molecule has 1 saturated heterocycles. The van der Waals surface area contributed by atoms with Gasteiger partial charge in [-0.1, -0.05) is 54.4 Å². The summed E-state index contributed by atoms with van der Waals surface area (Å²) in [5.74, 6) is 1.10. The van der Waals surface area contributed by atoms with Crippen LogP contribution in [-0.4, -0.2) is 30.1 Å². The van der Waals surface area contributed by atoms with Crippen molar-refractivity contribution in [1.82, 2.24) is 4.90 Å². The first kappa shape index (κ1) is 21.7. The fourth-order valence-corrected chi connectivity index (χ4v) is 4.86. The number of benzene rings is 2. The smallest absolute Gasteiger partial charge is 0.223 e. The molecule has 2 aromatic carbocycles. The molecule has 0 radical (unpaired) electrons. The number of rotatable bonds is 8. The number of carbonyl (C=O) groups is 1. The summed E-state index contributed by atoms with van der Waals surface area (Å²) in [6.45, 7) is 3.54. The SMILES string of the molecule is CC[C@@H](COCC1CC1)N1C(=O)CCC(c2cccc(Cl)c2)[C@H]1c1ccc(Cl)cc1. The molecule has 1 heterocycles. The minimum atomic E-state index is -0.0588. The minimum Gasteiger partial charge on any atom is -0.379 e. The first-order valence-electron chi connectivity index (χ1n) is 11.0. The molecule has 30 heavy (non-hydrogen) atoms. The van der Waals surface area contributed by atoms with Gasteiger partial charge in [0.2, 0.25) is 5.91 Å². The molecule has 1 aliphatic carbocycles. The molecular weight excluding hydrogens is 417 g/mol. The van der Waals surface area contributed by atoms with Gasteiger partial charge in [0.15, 0.2) is 0 Å². The Kier molecular flexibility index (Phi) is 7.02. The zero-order chi connectivity index (χ0) is 21.1. The molecule has 1 amide bonds. The van der Waals surface area contributed by atoms with Crippen LogP contribution in [0.3, 0.4) is 0 Å². The van der Waals surface area contributed by atoms with E-state index in [0.717, 1.165) is 30.0 Å². The highest BCUT2D eigenvalue weighted by molar-refractivity contribution is 6.30. The van der Waals surface area contributed by atoms with Crippen molar-refractivity contribution in [2.45, 2.75) is 57.0 Å². The van der Waals surface area contributed by atoms with Crippen molar-refractivity contribution in [3.8, 4) is 0 Å². The lowest BCUT2D eigenvalue weighted by atomic mass is 9.79. The van der Waals surface area contributed by atoms with Gasteiger partial charge in [0, 0.05) is 29.0 Å². The molecule has 4 rings (SSSR count). The van der Waals surface area contributed by atoms with E-state index >= 15 is 0 Å². The van der Waals surface area contributed by atoms with Gasteiger partial charge in [-0.05, 0) is 67.0 Å². The van der Waals surface area contributed by atoms with Crippen molar-refractivity contribution in [2.75, 3.05) is 13.2 Å². The van der Waals surface area contributed by atoms with E-state index in [9.17, 15) is 4.79 Å². The van der Waals surface area contributed by atoms with Crippen molar-refractivity contribution < 1.29 is 9.53 Å². The summed E-state index contributed by atoms with van der Waals surface area (Å²) in [6, 6.07) is 16.0. The Labute approximate surface area is 189 Å². The van der Waals surface area contributed by atoms with Gasteiger partial charge in [-0.2, -0.15) is 0 Å². The normalized spacial score (nSPS) is 22.9. The van der Waals surface area contributed by atoms with E-state index in [-0.39, 0.29) is 23.9 Å². The summed E-state index contributed by atoms with van der Waals surface area (Å²) in [5, 5.41) is 1.43. The molecule has 2 aliphatic rings. The van der Waals surface area contributed by atoms with Crippen LogP contribution >= 0.6 is 23.2 Å². The molecule has 0 bridgehead atoms. The maximum absolute atomic E-state index is 13.2. The maximum atomic E-state index is 13.2. The lowest BCUT2D eigenvalue weighted by Crippen LogP contribution is -2.49. The number of hydrogen-bond donors (Lipinski definition) is 0. The van der Waals surface area contributed by atoms with E-state index in [2.05, 4.69) is 17.9 Å². The average molecular weight is 446 g/mol. The largest absolute Gasteiger partial charge is 0.379 e. The molecule has 2 aromatic rings. The lowest BCUT2D eigenvalue weighted by Gasteiger charge is -2.45. The van der Waals surface area contributed by atoms with E-state index in [4.69, 9.17) is 27.9 Å². The van der Waals surface area contributed by atoms with Gasteiger partial charge in [0.25, 0.3) is 0 Å². The Morgan fingerprint density at radius 3 is 2.47 bits per heavy atom. The van der Waals surface area contributed by atoms with Gasteiger partial charge in [-0.15, -0.1) is 0 Å². The van der Waals surface area contributed by atoms with Gasteiger partial charge in [0.05, 0.1) is 18.7 Å². The fourth-order valence-electron chi connectivity index (χ4n) is 4.53. The zero-order valence-electron chi connectivity index (χ0n) is 17.4. The third-order valence-electron chi connectivity index (χ3n) is 6.35. The highest BCUT2D eigenvalue weighted by Gasteiger charge is 2.41. The first-order valence-corrected chi connectivity index (χ1v) is 11.7. The monoisotopic (exact) mass is 445 g/mol. The van der Waals surface area contributed by atoms with Crippen molar-refractivity contribution in [3.05, 3.63) is 69.7 Å². The third kappa shape index (κ3) is 5.01. The summed E-state index contributed by atoms with van der Waals surface area (Å²) in [6.07, 6.45) is 4.75. The van der Waals surface area contributed by atoms with E-state index < -0.39 is 0 Å². The number of likely N-dealkylation sites (tertiary alicyclic amines) is 1. The summed E-state index contributed by atoms with van der Waals surface area (Å²) >= 11 is 12.5. The Bertz CT molecular complexity index is 866. The van der Waals surface area contributed by atoms with Gasteiger partial charge < -0.3 is 9.64 Å². The van der Waals surface area contributed by atoms with Crippen molar-refractivity contribution in [3.63, 3.8) is 0 Å². The van der Waals surface area contributed by atoms with Crippen LogP contribution < -0.4 is 0 Å². The van der Waals surface area contributed by atoms with Crippen LogP contribution in [-0.2, 0) is 9.53 Å². The maximum Gasteiger partial charge on any atom is 0.223 e. The second-order valence-corrected chi connectivity index (χ2v) is 9.41. The fraction of sp³-hybridized carbons (Fsp3) is 0.480. The Balaban J connectivity index is 1.68. The van der Waals surface area contributed by atoms with E-state index in [1.54, 1.807) is 0 Å². The molecule has 5 heteroatoms. The molecule has 1 unspecified atom stereocenters. The quantitative estimate of drug-likeness (QED) is 0.455. The molecule has 3 atom stereocenters. The van der Waals surface area contributed by atoms with Crippen molar-refractivity contribution in [1.29, 1.82) is 0 Å². The molecular formula is C25H29Cl2NO2. The Morgan fingerprint density at radius 1 is 1.03 bits per heavy atom. The number of hydrogen-bond acceptors (Lipinski definition) is 2. The van der Waals surface area contributed by atoms with Gasteiger partial charge in [-0.3, -0.25) is 4.79 Å². The van der Waals surface area contributed by atoms with E-state index in [1.807, 2.05) is 42.5 Å². The second kappa shape index (κ2) is 9.72.